The van der Waals surface area contributed by atoms with Gasteiger partial charge in [0.1, 0.15) is 5.76 Å². The molecule has 1 aromatic rings. The van der Waals surface area contributed by atoms with Gasteiger partial charge in [0.2, 0.25) is 5.09 Å². The van der Waals surface area contributed by atoms with Gasteiger partial charge in [0.15, 0.2) is 0 Å². The number of piperidine rings is 1. The SMILES string of the molecule is CC1CCCN(S(=O)(=O)c2ccc(CCl)o2)C1. The van der Waals surface area contributed by atoms with E-state index in [1.54, 1.807) is 6.07 Å². The molecule has 4 nitrogen and oxygen atoms in total. The van der Waals surface area contributed by atoms with Gasteiger partial charge in [0.05, 0.1) is 5.88 Å². The summed E-state index contributed by atoms with van der Waals surface area (Å²) in [6, 6.07) is 3.08. The summed E-state index contributed by atoms with van der Waals surface area (Å²) < 4.78 is 31.2. The van der Waals surface area contributed by atoms with Gasteiger partial charge >= 0.3 is 0 Å². The molecule has 17 heavy (non-hydrogen) atoms. The molecule has 0 amide bonds. The Balaban J connectivity index is 2.23. The van der Waals surface area contributed by atoms with E-state index < -0.39 is 10.0 Å². The van der Waals surface area contributed by atoms with E-state index in [0.717, 1.165) is 12.8 Å². The molecule has 6 heteroatoms. The van der Waals surface area contributed by atoms with Crippen molar-refractivity contribution in [2.24, 2.45) is 5.92 Å². The highest BCUT2D eigenvalue weighted by molar-refractivity contribution is 7.89. The number of nitrogens with zero attached hydrogens (tertiary/aromatic N) is 1. The first kappa shape index (κ1) is 12.9. The van der Waals surface area contributed by atoms with Crippen molar-refractivity contribution in [1.82, 2.24) is 4.31 Å². The molecule has 1 saturated heterocycles. The van der Waals surface area contributed by atoms with Gasteiger partial charge in [-0.05, 0) is 30.9 Å². The van der Waals surface area contributed by atoms with Crippen LogP contribution in [0.15, 0.2) is 21.6 Å². The molecule has 0 radical (unpaired) electrons. The fraction of sp³-hybridized carbons (Fsp3) is 0.636. The monoisotopic (exact) mass is 277 g/mol. The Bertz CT molecular complexity index is 483. The standard InChI is InChI=1S/C11H16ClNO3S/c1-9-3-2-6-13(8-9)17(14,15)11-5-4-10(7-12)16-11/h4-5,9H,2-3,6-8H2,1H3. The Labute approximate surface area is 107 Å². The van der Waals surface area contributed by atoms with E-state index in [1.165, 1.54) is 10.4 Å². The maximum Gasteiger partial charge on any atom is 0.276 e. The van der Waals surface area contributed by atoms with Crippen LogP contribution in [0.4, 0.5) is 0 Å². The van der Waals surface area contributed by atoms with Crippen molar-refractivity contribution in [3.8, 4) is 0 Å². The summed E-state index contributed by atoms with van der Waals surface area (Å²) in [7, 11) is -3.48. The van der Waals surface area contributed by atoms with Crippen LogP contribution in [0.1, 0.15) is 25.5 Å². The van der Waals surface area contributed by atoms with Gasteiger partial charge in [-0.3, -0.25) is 0 Å². The average molecular weight is 278 g/mol. The Hall–Kier alpha value is -0.520. The van der Waals surface area contributed by atoms with Crippen molar-refractivity contribution < 1.29 is 12.8 Å². The number of hydrogen-bond donors (Lipinski definition) is 0. The Morgan fingerprint density at radius 1 is 1.53 bits per heavy atom. The summed E-state index contributed by atoms with van der Waals surface area (Å²) in [6.45, 7) is 3.21. The second-order valence-electron chi connectivity index (χ2n) is 4.46. The Kier molecular flexibility index (Phi) is 3.80. The maximum absolute atomic E-state index is 12.3. The minimum atomic E-state index is -3.48. The van der Waals surface area contributed by atoms with E-state index >= 15 is 0 Å². The zero-order valence-electron chi connectivity index (χ0n) is 9.73. The van der Waals surface area contributed by atoms with E-state index in [0.29, 0.717) is 24.8 Å². The van der Waals surface area contributed by atoms with E-state index in [1.807, 2.05) is 0 Å². The number of furan rings is 1. The number of halogens is 1. The van der Waals surface area contributed by atoms with E-state index in [2.05, 4.69) is 6.92 Å². The smallest absolute Gasteiger partial charge is 0.276 e. The van der Waals surface area contributed by atoms with Gasteiger partial charge < -0.3 is 4.42 Å². The molecule has 0 spiro atoms. The van der Waals surface area contributed by atoms with Crippen LogP contribution in [0.5, 0.6) is 0 Å². The lowest BCUT2D eigenvalue weighted by Crippen LogP contribution is -2.38. The molecular weight excluding hydrogens is 262 g/mol. The number of hydrogen-bond acceptors (Lipinski definition) is 3. The molecule has 0 bridgehead atoms. The minimum absolute atomic E-state index is 0.00208. The van der Waals surface area contributed by atoms with Gasteiger partial charge in [-0.2, -0.15) is 4.31 Å². The first-order chi connectivity index (χ1) is 8.04. The number of sulfonamides is 1. The molecule has 2 heterocycles. The molecule has 1 atom stereocenters. The third-order valence-electron chi connectivity index (χ3n) is 2.98. The van der Waals surface area contributed by atoms with Crippen molar-refractivity contribution in [2.45, 2.75) is 30.7 Å². The zero-order valence-corrected chi connectivity index (χ0v) is 11.3. The average Bonchev–Trinajstić information content (AvgIpc) is 2.78. The van der Waals surface area contributed by atoms with Crippen LogP contribution in [0, 0.1) is 5.92 Å². The molecule has 0 aliphatic carbocycles. The van der Waals surface area contributed by atoms with Crippen molar-refractivity contribution in [1.29, 1.82) is 0 Å². The van der Waals surface area contributed by atoms with Crippen LogP contribution in [0.25, 0.3) is 0 Å². The topological polar surface area (TPSA) is 50.5 Å². The Morgan fingerprint density at radius 3 is 2.88 bits per heavy atom. The lowest BCUT2D eigenvalue weighted by atomic mass is 10.0. The summed E-state index contributed by atoms with van der Waals surface area (Å²) in [4.78, 5) is 0. The number of alkyl halides is 1. The molecule has 0 N–H and O–H groups in total. The molecule has 0 saturated carbocycles. The fourth-order valence-corrected chi connectivity index (χ4v) is 3.73. The minimum Gasteiger partial charge on any atom is -0.447 e. The summed E-state index contributed by atoms with van der Waals surface area (Å²) in [5.41, 5.74) is 0. The third-order valence-corrected chi connectivity index (χ3v) is 4.99. The van der Waals surface area contributed by atoms with Crippen LogP contribution >= 0.6 is 11.6 Å². The van der Waals surface area contributed by atoms with Crippen LogP contribution < -0.4 is 0 Å². The van der Waals surface area contributed by atoms with E-state index in [9.17, 15) is 8.42 Å². The van der Waals surface area contributed by atoms with Gasteiger partial charge in [-0.15, -0.1) is 11.6 Å². The molecule has 1 aliphatic rings. The highest BCUT2D eigenvalue weighted by Gasteiger charge is 2.30. The van der Waals surface area contributed by atoms with Gasteiger partial charge in [0.25, 0.3) is 10.0 Å². The predicted molar refractivity (Wildman–Crippen MR) is 65.4 cm³/mol. The fourth-order valence-electron chi connectivity index (χ4n) is 2.06. The first-order valence-electron chi connectivity index (χ1n) is 5.69. The highest BCUT2D eigenvalue weighted by atomic mass is 35.5. The molecule has 1 unspecified atom stereocenters. The van der Waals surface area contributed by atoms with Crippen LogP contribution in [0.2, 0.25) is 0 Å². The molecule has 1 aliphatic heterocycles. The lowest BCUT2D eigenvalue weighted by Gasteiger charge is -2.29. The summed E-state index contributed by atoms with van der Waals surface area (Å²) in [5, 5.41) is 0.00208. The van der Waals surface area contributed by atoms with Crippen molar-refractivity contribution >= 4 is 21.6 Å². The van der Waals surface area contributed by atoms with Crippen LogP contribution in [-0.2, 0) is 15.9 Å². The van der Waals surface area contributed by atoms with Gasteiger partial charge in [-0.1, -0.05) is 6.92 Å². The summed E-state index contributed by atoms with van der Waals surface area (Å²) in [5.74, 6) is 1.07. The number of rotatable bonds is 3. The van der Waals surface area contributed by atoms with Gasteiger partial charge in [-0.25, -0.2) is 8.42 Å². The summed E-state index contributed by atoms with van der Waals surface area (Å²) >= 11 is 5.60. The van der Waals surface area contributed by atoms with Crippen LogP contribution in [0.3, 0.4) is 0 Å². The highest BCUT2D eigenvalue weighted by Crippen LogP contribution is 2.25. The largest absolute Gasteiger partial charge is 0.447 e. The quantitative estimate of drug-likeness (QED) is 0.798. The second kappa shape index (κ2) is 5.00. The normalized spacial score (nSPS) is 22.8. The molecule has 96 valence electrons. The van der Waals surface area contributed by atoms with E-state index in [4.69, 9.17) is 16.0 Å². The molecule has 1 aromatic heterocycles. The predicted octanol–water partition coefficient (Wildman–Crippen LogP) is 2.44. The van der Waals surface area contributed by atoms with Crippen molar-refractivity contribution in [3.63, 3.8) is 0 Å². The molecule has 1 fully saturated rings. The second-order valence-corrected chi connectivity index (χ2v) is 6.60. The Morgan fingerprint density at radius 2 is 2.29 bits per heavy atom. The van der Waals surface area contributed by atoms with E-state index in [-0.39, 0.29) is 11.0 Å². The molecule has 0 aromatic carbocycles. The molecular formula is C11H16ClNO3S. The molecule has 2 rings (SSSR count). The van der Waals surface area contributed by atoms with Gasteiger partial charge in [0, 0.05) is 13.1 Å². The first-order valence-corrected chi connectivity index (χ1v) is 7.66. The van der Waals surface area contributed by atoms with Crippen molar-refractivity contribution in [2.75, 3.05) is 13.1 Å². The zero-order chi connectivity index (χ0) is 12.5. The third kappa shape index (κ3) is 2.67. The lowest BCUT2D eigenvalue weighted by molar-refractivity contribution is 0.274. The maximum atomic E-state index is 12.3. The van der Waals surface area contributed by atoms with Crippen LogP contribution in [-0.4, -0.2) is 25.8 Å². The summed E-state index contributed by atoms with van der Waals surface area (Å²) in [6.07, 6.45) is 1.99. The van der Waals surface area contributed by atoms with Crippen molar-refractivity contribution in [3.05, 3.63) is 17.9 Å².